The van der Waals surface area contributed by atoms with Crippen molar-refractivity contribution in [3.8, 4) is 5.69 Å². The van der Waals surface area contributed by atoms with Crippen molar-refractivity contribution < 1.29 is 9.32 Å². The van der Waals surface area contributed by atoms with Gasteiger partial charge in [0.25, 0.3) is 0 Å². The molecule has 0 fully saturated rings. The number of carbonyl (C=O) groups excluding carboxylic acids is 1. The van der Waals surface area contributed by atoms with E-state index in [4.69, 9.17) is 4.52 Å². The molecule has 2 aromatic heterocycles. The van der Waals surface area contributed by atoms with Crippen LogP contribution in [0.5, 0.6) is 0 Å². The summed E-state index contributed by atoms with van der Waals surface area (Å²) in [7, 11) is 0. The Morgan fingerprint density at radius 3 is 2.78 bits per heavy atom. The summed E-state index contributed by atoms with van der Waals surface area (Å²) >= 11 is 0. The molecule has 0 radical (unpaired) electrons. The van der Waals surface area contributed by atoms with E-state index in [0.29, 0.717) is 37.5 Å². The van der Waals surface area contributed by atoms with Crippen LogP contribution < -0.4 is 5.32 Å². The third-order valence-corrected chi connectivity index (χ3v) is 4.19. The van der Waals surface area contributed by atoms with Crippen LogP contribution in [0.15, 0.2) is 47.2 Å². The van der Waals surface area contributed by atoms with E-state index < -0.39 is 0 Å². The van der Waals surface area contributed by atoms with Crippen LogP contribution >= 0.6 is 0 Å². The van der Waals surface area contributed by atoms with Crippen molar-refractivity contribution in [3.05, 3.63) is 60.0 Å². The van der Waals surface area contributed by atoms with Crippen LogP contribution in [-0.4, -0.2) is 32.4 Å². The Kier molecular flexibility index (Phi) is 6.35. The molecule has 0 aliphatic carbocycles. The van der Waals surface area contributed by atoms with E-state index in [1.807, 2.05) is 61.3 Å². The molecule has 1 aromatic carbocycles. The van der Waals surface area contributed by atoms with Gasteiger partial charge < -0.3 is 9.84 Å². The maximum absolute atomic E-state index is 12.0. The largest absolute Gasteiger partial charge is 0.356 e. The van der Waals surface area contributed by atoms with Crippen LogP contribution in [-0.2, 0) is 17.6 Å². The molecule has 7 nitrogen and oxygen atoms in total. The number of benzene rings is 1. The Balaban J connectivity index is 1.35. The number of nitrogens with one attached hydrogen (secondary N) is 1. The summed E-state index contributed by atoms with van der Waals surface area (Å²) in [5.74, 6) is 1.59. The molecule has 0 unspecified atom stereocenters. The number of hydrogen-bond acceptors (Lipinski definition) is 5. The summed E-state index contributed by atoms with van der Waals surface area (Å²) in [6, 6.07) is 9.95. The molecule has 7 heteroatoms. The van der Waals surface area contributed by atoms with Gasteiger partial charge in [-0.2, -0.15) is 10.1 Å². The molecule has 3 aromatic rings. The number of para-hydroxylation sites is 1. The Labute approximate surface area is 158 Å². The van der Waals surface area contributed by atoms with Crippen molar-refractivity contribution in [1.29, 1.82) is 0 Å². The lowest BCUT2D eigenvalue weighted by Gasteiger charge is -2.03. The molecule has 0 aliphatic rings. The summed E-state index contributed by atoms with van der Waals surface area (Å²) in [5, 5.41) is 11.2. The van der Waals surface area contributed by atoms with Gasteiger partial charge in [-0.3, -0.25) is 4.79 Å². The average Bonchev–Trinajstić information content (AvgIpc) is 3.32. The van der Waals surface area contributed by atoms with Gasteiger partial charge >= 0.3 is 0 Å². The zero-order valence-corrected chi connectivity index (χ0v) is 15.8. The molecule has 1 N–H and O–H groups in total. The second-order valence-corrected chi connectivity index (χ2v) is 6.78. The summed E-state index contributed by atoms with van der Waals surface area (Å²) in [6.07, 6.45) is 6.33. The standard InChI is InChI=1S/C20H25N5O2/c1-15(2)20-23-19(27-24-20)10-6-9-18(26)21-12-11-16-13-22-25(14-16)17-7-4-3-5-8-17/h3-5,7-8,13-15H,6,9-12H2,1-2H3,(H,21,26). The van der Waals surface area contributed by atoms with Gasteiger partial charge in [0.2, 0.25) is 11.8 Å². The Hall–Kier alpha value is -2.96. The van der Waals surface area contributed by atoms with Crippen molar-refractivity contribution in [2.24, 2.45) is 0 Å². The zero-order chi connectivity index (χ0) is 19.1. The highest BCUT2D eigenvalue weighted by Gasteiger charge is 2.10. The van der Waals surface area contributed by atoms with Crippen molar-refractivity contribution in [3.63, 3.8) is 0 Å². The summed E-state index contributed by atoms with van der Waals surface area (Å²) in [4.78, 5) is 16.3. The van der Waals surface area contributed by atoms with Gasteiger partial charge in [0.1, 0.15) is 0 Å². The van der Waals surface area contributed by atoms with Gasteiger partial charge in [0, 0.05) is 31.5 Å². The number of nitrogens with zero attached hydrogens (tertiary/aromatic N) is 4. The molecule has 0 atom stereocenters. The number of amides is 1. The van der Waals surface area contributed by atoms with Crippen molar-refractivity contribution in [2.75, 3.05) is 6.54 Å². The monoisotopic (exact) mass is 367 g/mol. The molecule has 0 aliphatic heterocycles. The van der Waals surface area contributed by atoms with Crippen molar-refractivity contribution in [1.82, 2.24) is 25.2 Å². The lowest BCUT2D eigenvalue weighted by Crippen LogP contribution is -2.25. The number of hydrogen-bond donors (Lipinski definition) is 1. The number of rotatable bonds is 9. The quantitative estimate of drug-likeness (QED) is 0.628. The molecule has 0 bridgehead atoms. The van der Waals surface area contributed by atoms with Crippen LogP contribution in [0.25, 0.3) is 5.69 Å². The normalized spacial score (nSPS) is 11.1. The SMILES string of the molecule is CC(C)c1noc(CCCC(=O)NCCc2cnn(-c3ccccc3)c2)n1. The highest BCUT2D eigenvalue weighted by atomic mass is 16.5. The Morgan fingerprint density at radius 2 is 2.04 bits per heavy atom. The van der Waals surface area contributed by atoms with Gasteiger partial charge in [-0.15, -0.1) is 0 Å². The molecule has 0 saturated carbocycles. The predicted octanol–water partition coefficient (Wildman–Crippen LogP) is 3.06. The molecule has 0 spiro atoms. The van der Waals surface area contributed by atoms with E-state index in [1.165, 1.54) is 0 Å². The van der Waals surface area contributed by atoms with Gasteiger partial charge in [-0.1, -0.05) is 37.2 Å². The first kappa shape index (κ1) is 18.8. The van der Waals surface area contributed by atoms with E-state index in [-0.39, 0.29) is 11.8 Å². The molecule has 2 heterocycles. The van der Waals surface area contributed by atoms with Gasteiger partial charge in [0.15, 0.2) is 5.82 Å². The first-order chi connectivity index (χ1) is 13.1. The molecular formula is C20H25N5O2. The minimum atomic E-state index is 0.0362. The third-order valence-electron chi connectivity index (χ3n) is 4.19. The second kappa shape index (κ2) is 9.12. The topological polar surface area (TPSA) is 85.8 Å². The number of carbonyl (C=O) groups is 1. The second-order valence-electron chi connectivity index (χ2n) is 6.78. The predicted molar refractivity (Wildman–Crippen MR) is 102 cm³/mol. The third kappa shape index (κ3) is 5.51. The first-order valence-electron chi connectivity index (χ1n) is 9.30. The minimum absolute atomic E-state index is 0.0362. The van der Waals surface area contributed by atoms with E-state index in [2.05, 4.69) is 20.6 Å². The van der Waals surface area contributed by atoms with Crippen molar-refractivity contribution >= 4 is 5.91 Å². The van der Waals surface area contributed by atoms with Crippen LogP contribution in [0.4, 0.5) is 0 Å². The fourth-order valence-corrected chi connectivity index (χ4v) is 2.65. The fraction of sp³-hybridized carbons (Fsp3) is 0.400. The Morgan fingerprint density at radius 1 is 1.22 bits per heavy atom. The molecule has 27 heavy (non-hydrogen) atoms. The van der Waals surface area contributed by atoms with Gasteiger partial charge in [-0.25, -0.2) is 4.68 Å². The molecule has 3 rings (SSSR count). The molecule has 1 amide bonds. The number of aryl methyl sites for hydroxylation is 1. The molecule has 142 valence electrons. The average molecular weight is 367 g/mol. The number of aromatic nitrogens is 4. The van der Waals surface area contributed by atoms with Crippen LogP contribution in [0.1, 0.15) is 49.9 Å². The fourth-order valence-electron chi connectivity index (χ4n) is 2.65. The lowest BCUT2D eigenvalue weighted by molar-refractivity contribution is -0.121. The summed E-state index contributed by atoms with van der Waals surface area (Å²) in [5.41, 5.74) is 2.11. The first-order valence-corrected chi connectivity index (χ1v) is 9.30. The van der Waals surface area contributed by atoms with Crippen LogP contribution in [0, 0.1) is 0 Å². The van der Waals surface area contributed by atoms with E-state index in [9.17, 15) is 4.79 Å². The highest BCUT2D eigenvalue weighted by molar-refractivity contribution is 5.75. The van der Waals surface area contributed by atoms with E-state index in [0.717, 1.165) is 17.7 Å². The maximum atomic E-state index is 12.0. The van der Waals surface area contributed by atoms with Gasteiger partial charge in [-0.05, 0) is 30.5 Å². The van der Waals surface area contributed by atoms with Crippen molar-refractivity contribution in [2.45, 2.75) is 45.4 Å². The Bertz CT molecular complexity index is 854. The van der Waals surface area contributed by atoms with Gasteiger partial charge in [0.05, 0.1) is 11.9 Å². The highest BCUT2D eigenvalue weighted by Crippen LogP contribution is 2.11. The summed E-state index contributed by atoms with van der Waals surface area (Å²) < 4.78 is 7.02. The zero-order valence-electron chi connectivity index (χ0n) is 15.8. The van der Waals surface area contributed by atoms with E-state index in [1.54, 1.807) is 0 Å². The van der Waals surface area contributed by atoms with Crippen LogP contribution in [0.2, 0.25) is 0 Å². The molecule has 0 saturated heterocycles. The smallest absolute Gasteiger partial charge is 0.226 e. The maximum Gasteiger partial charge on any atom is 0.226 e. The van der Waals surface area contributed by atoms with Crippen LogP contribution in [0.3, 0.4) is 0 Å². The lowest BCUT2D eigenvalue weighted by atomic mass is 10.2. The van der Waals surface area contributed by atoms with E-state index >= 15 is 0 Å². The minimum Gasteiger partial charge on any atom is -0.356 e. The summed E-state index contributed by atoms with van der Waals surface area (Å²) in [6.45, 7) is 4.63. The molecular weight excluding hydrogens is 342 g/mol.